The van der Waals surface area contributed by atoms with E-state index >= 15 is 0 Å². The first-order chi connectivity index (χ1) is 7.06. The van der Waals surface area contributed by atoms with Gasteiger partial charge in [-0.2, -0.15) is 0 Å². The summed E-state index contributed by atoms with van der Waals surface area (Å²) in [4.78, 5) is 9.84. The first kappa shape index (κ1) is 15.5. The summed E-state index contributed by atoms with van der Waals surface area (Å²) in [5, 5.41) is 21.2. The number of thiophene rings is 1. The van der Waals surface area contributed by atoms with E-state index in [1.54, 1.807) is 0 Å². The molecule has 0 aliphatic rings. The summed E-state index contributed by atoms with van der Waals surface area (Å²) in [6.45, 7) is 0. The van der Waals surface area contributed by atoms with E-state index in [-0.39, 0.29) is 5.00 Å². The second-order valence-corrected chi connectivity index (χ2v) is 8.77. The van der Waals surface area contributed by atoms with Crippen LogP contribution in [0.1, 0.15) is 5.56 Å². The number of hydrogen-bond donors (Lipinski definition) is 1. The van der Waals surface area contributed by atoms with Crippen LogP contribution in [-0.4, -0.2) is 18.8 Å². The Hall–Kier alpha value is 0.510. The van der Waals surface area contributed by atoms with Crippen molar-refractivity contribution in [2.45, 2.75) is 0 Å². The van der Waals surface area contributed by atoms with Gasteiger partial charge in [0.05, 0.1) is 22.9 Å². The molecule has 1 aromatic rings. The molecular formula is C6H5BrI2N2O3S. The summed E-state index contributed by atoms with van der Waals surface area (Å²) in [6.07, 6.45) is 1.03. The normalized spacial score (nSPS) is 9.80. The van der Waals surface area contributed by atoms with E-state index in [1.165, 1.54) is 8.50 Å². The van der Waals surface area contributed by atoms with Crippen molar-refractivity contribution in [3.05, 3.63) is 25.5 Å². The van der Waals surface area contributed by atoms with E-state index in [9.17, 15) is 10.1 Å². The van der Waals surface area contributed by atoms with E-state index < -0.39 is 4.92 Å². The van der Waals surface area contributed by atoms with Crippen LogP contribution in [-0.2, 0) is 0 Å². The van der Waals surface area contributed by atoms with Gasteiger partial charge in [-0.05, 0) is 22.0 Å². The molecule has 15 heavy (non-hydrogen) atoms. The van der Waals surface area contributed by atoms with E-state index in [4.69, 9.17) is 5.21 Å². The van der Waals surface area contributed by atoms with Crippen molar-refractivity contribution in [2.24, 2.45) is 5.16 Å². The van der Waals surface area contributed by atoms with Gasteiger partial charge in [-0.3, -0.25) is 10.1 Å². The molecule has 84 valence electrons. The standard InChI is InChI=1S/C5H3BrN2O3S.CH2I2/c6-4-1-3(2-7-9)5(12-4)8(10)11;2-1-3/h1-2,9H;1H2/b7-2-;. The Labute approximate surface area is 125 Å². The van der Waals surface area contributed by atoms with Gasteiger partial charge in [-0.15, -0.1) is 0 Å². The number of nitro groups is 1. The highest BCUT2D eigenvalue weighted by atomic mass is 127. The largest absolute Gasteiger partial charge is 0.411 e. The molecule has 0 aliphatic carbocycles. The lowest BCUT2D eigenvalue weighted by Crippen LogP contribution is -1.88. The molecule has 0 aromatic carbocycles. The minimum absolute atomic E-state index is 0.0420. The number of oxime groups is 1. The van der Waals surface area contributed by atoms with Crippen molar-refractivity contribution in [2.75, 3.05) is 2.43 Å². The molecular weight excluding hydrogens is 514 g/mol. The minimum atomic E-state index is -0.521. The van der Waals surface area contributed by atoms with Crippen molar-refractivity contribution < 1.29 is 10.1 Å². The molecule has 0 saturated heterocycles. The third-order valence-corrected chi connectivity index (χ3v) is 2.68. The Morgan fingerprint density at radius 2 is 2.27 bits per heavy atom. The van der Waals surface area contributed by atoms with Crippen molar-refractivity contribution >= 4 is 83.7 Å². The Morgan fingerprint density at radius 1 is 1.73 bits per heavy atom. The fourth-order valence-corrected chi connectivity index (χ4v) is 2.04. The SMILES string of the molecule is ICI.O=[N+]([O-])c1sc(Br)cc1/C=N\O. The Balaban J connectivity index is 0.000000583. The molecule has 1 heterocycles. The third kappa shape index (κ3) is 5.97. The maximum Gasteiger partial charge on any atom is 0.334 e. The molecule has 1 rings (SSSR count). The predicted octanol–water partition coefficient (Wildman–Crippen LogP) is 4.04. The molecule has 0 atom stereocenters. The fraction of sp³-hybridized carbons (Fsp3) is 0.167. The maximum absolute atomic E-state index is 10.4. The lowest BCUT2D eigenvalue weighted by atomic mass is 10.3. The van der Waals surface area contributed by atoms with Crippen LogP contribution in [0.15, 0.2) is 15.0 Å². The average Bonchev–Trinajstić information content (AvgIpc) is 2.49. The summed E-state index contributed by atoms with van der Waals surface area (Å²) >= 11 is 8.62. The van der Waals surface area contributed by atoms with Gasteiger partial charge in [-0.1, -0.05) is 61.7 Å². The van der Waals surface area contributed by atoms with E-state index in [0.717, 1.165) is 17.6 Å². The molecule has 0 radical (unpaired) electrons. The van der Waals surface area contributed by atoms with Crippen molar-refractivity contribution in [3.8, 4) is 0 Å². The number of rotatable bonds is 2. The van der Waals surface area contributed by atoms with E-state index in [2.05, 4.69) is 66.3 Å². The van der Waals surface area contributed by atoms with Gasteiger partial charge in [0.15, 0.2) is 0 Å². The molecule has 0 bridgehead atoms. The second kappa shape index (κ2) is 8.64. The van der Waals surface area contributed by atoms with Crippen molar-refractivity contribution in [3.63, 3.8) is 0 Å². The number of alkyl halides is 2. The van der Waals surface area contributed by atoms with Crippen LogP contribution in [0.4, 0.5) is 5.00 Å². The van der Waals surface area contributed by atoms with Crippen molar-refractivity contribution in [1.29, 1.82) is 0 Å². The van der Waals surface area contributed by atoms with Gasteiger partial charge >= 0.3 is 5.00 Å². The second-order valence-electron chi connectivity index (χ2n) is 1.91. The predicted molar refractivity (Wildman–Crippen MR) is 81.0 cm³/mol. The quantitative estimate of drug-likeness (QED) is 0.160. The van der Waals surface area contributed by atoms with Crippen LogP contribution in [0, 0.1) is 10.1 Å². The van der Waals surface area contributed by atoms with Crippen LogP contribution >= 0.6 is 72.4 Å². The highest BCUT2D eigenvalue weighted by Crippen LogP contribution is 2.32. The Morgan fingerprint density at radius 3 is 2.67 bits per heavy atom. The van der Waals surface area contributed by atoms with Gasteiger partial charge in [0.2, 0.25) is 0 Å². The van der Waals surface area contributed by atoms with Gasteiger partial charge in [0, 0.05) is 0 Å². The summed E-state index contributed by atoms with van der Waals surface area (Å²) in [5.74, 6) is 0. The zero-order chi connectivity index (χ0) is 11.8. The smallest absolute Gasteiger partial charge is 0.334 e. The van der Waals surface area contributed by atoms with Crippen molar-refractivity contribution in [1.82, 2.24) is 0 Å². The zero-order valence-electron chi connectivity index (χ0n) is 7.06. The van der Waals surface area contributed by atoms with E-state index in [1.807, 2.05) is 0 Å². The number of nitrogens with zero attached hydrogens (tertiary/aromatic N) is 2. The zero-order valence-corrected chi connectivity index (χ0v) is 13.8. The first-order valence-electron chi connectivity index (χ1n) is 3.29. The topological polar surface area (TPSA) is 75.7 Å². The average molecular weight is 519 g/mol. The van der Waals surface area contributed by atoms with Crippen LogP contribution < -0.4 is 0 Å². The summed E-state index contributed by atoms with van der Waals surface area (Å²) in [5.41, 5.74) is 0.291. The van der Waals surface area contributed by atoms with Gasteiger partial charge in [0.25, 0.3) is 0 Å². The van der Waals surface area contributed by atoms with Gasteiger partial charge < -0.3 is 5.21 Å². The summed E-state index contributed by atoms with van der Waals surface area (Å²) in [7, 11) is 0. The Bertz CT molecular complexity index is 358. The lowest BCUT2D eigenvalue weighted by molar-refractivity contribution is -0.380. The molecule has 1 aromatic heterocycles. The molecule has 9 heteroatoms. The summed E-state index contributed by atoms with van der Waals surface area (Å²) in [6, 6.07) is 1.52. The van der Waals surface area contributed by atoms with Crippen LogP contribution in [0.25, 0.3) is 0 Å². The fourth-order valence-electron chi connectivity index (χ4n) is 0.662. The number of halogens is 3. The maximum atomic E-state index is 10.4. The van der Waals surface area contributed by atoms with Gasteiger partial charge in [-0.25, -0.2) is 0 Å². The molecule has 0 unspecified atom stereocenters. The molecule has 5 nitrogen and oxygen atoms in total. The van der Waals surface area contributed by atoms with Crippen LogP contribution in [0.3, 0.4) is 0 Å². The molecule has 1 N–H and O–H groups in total. The van der Waals surface area contributed by atoms with Crippen LogP contribution in [0.2, 0.25) is 0 Å². The highest BCUT2D eigenvalue weighted by molar-refractivity contribution is 14.2. The first-order valence-corrected chi connectivity index (χ1v) is 7.96. The molecule has 0 saturated carbocycles. The van der Waals surface area contributed by atoms with E-state index in [0.29, 0.717) is 9.35 Å². The third-order valence-electron chi connectivity index (χ3n) is 1.07. The van der Waals surface area contributed by atoms with Gasteiger partial charge in [0.1, 0.15) is 0 Å². The van der Waals surface area contributed by atoms with Crippen LogP contribution in [0.5, 0.6) is 0 Å². The molecule has 0 amide bonds. The molecule has 0 aliphatic heterocycles. The minimum Gasteiger partial charge on any atom is -0.411 e. The highest BCUT2D eigenvalue weighted by Gasteiger charge is 2.16. The lowest BCUT2D eigenvalue weighted by Gasteiger charge is -1.84. The molecule has 0 spiro atoms. The summed E-state index contributed by atoms with van der Waals surface area (Å²) < 4.78 is 1.82. The monoisotopic (exact) mass is 518 g/mol. The molecule has 0 fully saturated rings. The Kier molecular flexibility index (Phi) is 8.93. The number of hydrogen-bond acceptors (Lipinski definition) is 5.